The Labute approximate surface area is 175 Å². The quantitative estimate of drug-likeness (QED) is 0.572. The fourth-order valence-electron chi connectivity index (χ4n) is 2.77. The van der Waals surface area contributed by atoms with E-state index >= 15 is 0 Å². The Hall–Kier alpha value is -3.80. The van der Waals surface area contributed by atoms with E-state index in [0.717, 1.165) is 17.1 Å². The monoisotopic (exact) mass is 404 g/mol. The van der Waals surface area contributed by atoms with Crippen LogP contribution in [0.25, 0.3) is 0 Å². The number of ether oxygens (including phenoxy) is 2. The van der Waals surface area contributed by atoms with E-state index in [0.29, 0.717) is 16.9 Å². The van der Waals surface area contributed by atoms with Crippen molar-refractivity contribution in [3.05, 3.63) is 83.9 Å². The Morgan fingerprint density at radius 1 is 0.833 bits per heavy atom. The predicted molar refractivity (Wildman–Crippen MR) is 117 cm³/mol. The van der Waals surface area contributed by atoms with Crippen molar-refractivity contribution < 1.29 is 19.1 Å². The van der Waals surface area contributed by atoms with Gasteiger partial charge in [0.2, 0.25) is 5.91 Å². The number of nitrogens with one attached hydrogen (secondary N) is 2. The van der Waals surface area contributed by atoms with Crippen molar-refractivity contribution in [1.29, 1.82) is 0 Å². The van der Waals surface area contributed by atoms with Crippen LogP contribution in [-0.2, 0) is 4.79 Å². The number of aryl methyl sites for hydroxylation is 1. The molecule has 0 fully saturated rings. The van der Waals surface area contributed by atoms with Gasteiger partial charge in [-0.1, -0.05) is 12.1 Å². The van der Waals surface area contributed by atoms with Gasteiger partial charge in [0, 0.05) is 16.9 Å². The van der Waals surface area contributed by atoms with Gasteiger partial charge in [-0.25, -0.2) is 0 Å². The molecule has 154 valence electrons. The second-order valence-corrected chi connectivity index (χ2v) is 6.72. The normalized spacial score (nSPS) is 10.2. The van der Waals surface area contributed by atoms with Gasteiger partial charge in [0.15, 0.2) is 0 Å². The number of carbonyl (C=O) groups excluding carboxylic acids is 2. The van der Waals surface area contributed by atoms with Crippen molar-refractivity contribution in [1.82, 2.24) is 0 Å². The van der Waals surface area contributed by atoms with E-state index in [2.05, 4.69) is 10.6 Å². The summed E-state index contributed by atoms with van der Waals surface area (Å²) in [4.78, 5) is 24.5. The molecule has 0 aliphatic carbocycles. The third kappa shape index (κ3) is 6.10. The molecule has 0 atom stereocenters. The SMILES string of the molecule is COc1ccc(NC(=O)c2ccc(NC(=O)CCOc3cccc(C)c3)cc2)cc1. The molecule has 0 spiro atoms. The molecular weight excluding hydrogens is 380 g/mol. The molecule has 3 aromatic rings. The number of amides is 2. The van der Waals surface area contributed by atoms with E-state index < -0.39 is 0 Å². The molecule has 0 saturated carbocycles. The third-order valence-corrected chi connectivity index (χ3v) is 4.37. The fraction of sp³-hybridized carbons (Fsp3) is 0.167. The van der Waals surface area contributed by atoms with Crippen molar-refractivity contribution in [3.63, 3.8) is 0 Å². The molecule has 30 heavy (non-hydrogen) atoms. The van der Waals surface area contributed by atoms with E-state index in [4.69, 9.17) is 9.47 Å². The highest BCUT2D eigenvalue weighted by atomic mass is 16.5. The van der Waals surface area contributed by atoms with Crippen LogP contribution in [-0.4, -0.2) is 25.5 Å². The van der Waals surface area contributed by atoms with Gasteiger partial charge < -0.3 is 20.1 Å². The summed E-state index contributed by atoms with van der Waals surface area (Å²) in [5, 5.41) is 5.62. The van der Waals surface area contributed by atoms with Gasteiger partial charge in [-0.2, -0.15) is 0 Å². The van der Waals surface area contributed by atoms with Crippen molar-refractivity contribution >= 4 is 23.2 Å². The zero-order valence-electron chi connectivity index (χ0n) is 17.0. The molecule has 3 aromatic carbocycles. The first kappa shape index (κ1) is 20.9. The first-order chi connectivity index (χ1) is 14.5. The molecule has 0 unspecified atom stereocenters. The lowest BCUT2D eigenvalue weighted by Gasteiger charge is -2.09. The number of benzene rings is 3. The van der Waals surface area contributed by atoms with Gasteiger partial charge in [-0.3, -0.25) is 9.59 Å². The maximum atomic E-state index is 12.4. The van der Waals surface area contributed by atoms with Crippen molar-refractivity contribution in [2.24, 2.45) is 0 Å². The van der Waals surface area contributed by atoms with Crippen LogP contribution in [0.15, 0.2) is 72.8 Å². The Bertz CT molecular complexity index is 998. The summed E-state index contributed by atoms with van der Waals surface area (Å²) in [6, 6.07) is 21.5. The largest absolute Gasteiger partial charge is 0.497 e. The summed E-state index contributed by atoms with van der Waals surface area (Å²) < 4.78 is 10.7. The number of anilines is 2. The molecule has 3 rings (SSSR count). The molecule has 0 saturated heterocycles. The van der Waals surface area contributed by atoms with E-state index in [9.17, 15) is 9.59 Å². The summed E-state index contributed by atoms with van der Waals surface area (Å²) in [6.45, 7) is 2.28. The molecule has 2 N–H and O–H groups in total. The highest BCUT2D eigenvalue weighted by Gasteiger charge is 2.08. The Morgan fingerprint density at radius 2 is 1.50 bits per heavy atom. The van der Waals surface area contributed by atoms with Crippen LogP contribution in [0.4, 0.5) is 11.4 Å². The van der Waals surface area contributed by atoms with Crippen molar-refractivity contribution in [3.8, 4) is 11.5 Å². The maximum Gasteiger partial charge on any atom is 0.255 e. The maximum absolute atomic E-state index is 12.4. The number of rotatable bonds is 8. The zero-order chi connectivity index (χ0) is 21.3. The molecule has 0 aromatic heterocycles. The van der Waals surface area contributed by atoms with Gasteiger partial charge in [-0.15, -0.1) is 0 Å². The minimum atomic E-state index is -0.232. The molecule has 0 radical (unpaired) electrons. The number of hydrogen-bond donors (Lipinski definition) is 2. The number of methoxy groups -OCH3 is 1. The van der Waals surface area contributed by atoms with Gasteiger partial charge in [-0.05, 0) is 73.2 Å². The lowest BCUT2D eigenvalue weighted by Crippen LogP contribution is -2.16. The fourth-order valence-corrected chi connectivity index (χ4v) is 2.77. The van der Waals surface area contributed by atoms with Crippen LogP contribution in [0.1, 0.15) is 22.3 Å². The van der Waals surface area contributed by atoms with E-state index in [1.807, 2.05) is 31.2 Å². The predicted octanol–water partition coefficient (Wildman–Crippen LogP) is 4.66. The van der Waals surface area contributed by atoms with Crippen LogP contribution >= 0.6 is 0 Å². The number of carbonyl (C=O) groups is 2. The Balaban J connectivity index is 1.47. The van der Waals surface area contributed by atoms with Crippen molar-refractivity contribution in [2.45, 2.75) is 13.3 Å². The summed E-state index contributed by atoms with van der Waals surface area (Å²) in [5.41, 5.74) is 2.89. The van der Waals surface area contributed by atoms with Gasteiger partial charge >= 0.3 is 0 Å². The summed E-state index contributed by atoms with van der Waals surface area (Å²) in [7, 11) is 1.59. The lowest BCUT2D eigenvalue weighted by molar-refractivity contribution is -0.116. The molecule has 0 heterocycles. The van der Waals surface area contributed by atoms with Crippen molar-refractivity contribution in [2.75, 3.05) is 24.4 Å². The summed E-state index contributed by atoms with van der Waals surface area (Å²) >= 11 is 0. The second kappa shape index (κ2) is 10.1. The molecule has 0 bridgehead atoms. The highest BCUT2D eigenvalue weighted by molar-refractivity contribution is 6.04. The van der Waals surface area contributed by atoms with Crippen LogP contribution < -0.4 is 20.1 Å². The van der Waals surface area contributed by atoms with Crippen LogP contribution in [0.2, 0.25) is 0 Å². The smallest absolute Gasteiger partial charge is 0.255 e. The zero-order valence-corrected chi connectivity index (χ0v) is 17.0. The van der Waals surface area contributed by atoms with Gasteiger partial charge in [0.05, 0.1) is 20.1 Å². The topological polar surface area (TPSA) is 76.7 Å². The average molecular weight is 404 g/mol. The average Bonchev–Trinajstić information content (AvgIpc) is 2.75. The Morgan fingerprint density at radius 3 is 2.17 bits per heavy atom. The first-order valence-corrected chi connectivity index (χ1v) is 9.58. The van der Waals surface area contributed by atoms with E-state index in [1.165, 1.54) is 0 Å². The van der Waals surface area contributed by atoms with E-state index in [-0.39, 0.29) is 24.8 Å². The van der Waals surface area contributed by atoms with Gasteiger partial charge in [0.1, 0.15) is 11.5 Å². The summed E-state index contributed by atoms with van der Waals surface area (Å²) in [5.74, 6) is 1.08. The van der Waals surface area contributed by atoms with Crippen LogP contribution in [0.3, 0.4) is 0 Å². The van der Waals surface area contributed by atoms with Crippen LogP contribution in [0.5, 0.6) is 11.5 Å². The second-order valence-electron chi connectivity index (χ2n) is 6.72. The van der Waals surface area contributed by atoms with E-state index in [1.54, 1.807) is 55.6 Å². The standard InChI is InChI=1S/C24H24N2O4/c1-17-4-3-5-22(16-17)30-15-14-23(27)25-19-8-6-18(7-9-19)24(28)26-20-10-12-21(29-2)13-11-20/h3-13,16H,14-15H2,1-2H3,(H,25,27)(H,26,28). The summed E-state index contributed by atoms with van der Waals surface area (Å²) in [6.07, 6.45) is 0.230. The Kier molecular flexibility index (Phi) is 7.05. The lowest BCUT2D eigenvalue weighted by atomic mass is 10.2. The number of hydrogen-bond acceptors (Lipinski definition) is 4. The molecule has 2 amide bonds. The minimum Gasteiger partial charge on any atom is -0.497 e. The third-order valence-electron chi connectivity index (χ3n) is 4.37. The molecule has 0 aliphatic rings. The molecule has 0 aliphatic heterocycles. The highest BCUT2D eigenvalue weighted by Crippen LogP contribution is 2.17. The minimum absolute atomic E-state index is 0.155. The van der Waals surface area contributed by atoms with Gasteiger partial charge in [0.25, 0.3) is 5.91 Å². The molecule has 6 nitrogen and oxygen atoms in total. The molecular formula is C24H24N2O4. The molecule has 6 heteroatoms. The first-order valence-electron chi connectivity index (χ1n) is 9.58. The van der Waals surface area contributed by atoms with Crippen LogP contribution in [0, 0.1) is 6.92 Å².